The normalized spacial score (nSPS) is 9.90. The van der Waals surface area contributed by atoms with Crippen LogP contribution in [0.4, 0.5) is 10.5 Å². The molecule has 0 bridgehead atoms. The molecule has 0 aromatic heterocycles. The van der Waals surface area contributed by atoms with Crippen LogP contribution in [0.1, 0.15) is 5.56 Å². The molecule has 0 unspecified atom stereocenters. The van der Waals surface area contributed by atoms with E-state index < -0.39 is 0 Å². The smallest absolute Gasteiger partial charge is 0.319 e. The second-order valence-electron chi connectivity index (χ2n) is 4.17. The van der Waals surface area contributed by atoms with Gasteiger partial charge >= 0.3 is 6.03 Å². The molecule has 2 amide bonds. The molecule has 0 fully saturated rings. The van der Waals surface area contributed by atoms with Crippen molar-refractivity contribution < 1.29 is 9.53 Å². The van der Waals surface area contributed by atoms with Gasteiger partial charge in [-0.05, 0) is 29.8 Å². The van der Waals surface area contributed by atoms with Crippen LogP contribution >= 0.6 is 15.9 Å². The lowest BCUT2D eigenvalue weighted by atomic mass is 10.2. The molecule has 0 heterocycles. The third-order valence-corrected chi connectivity index (χ3v) is 3.16. The minimum Gasteiger partial charge on any atom is -0.497 e. The number of anilines is 1. The lowest BCUT2D eigenvalue weighted by molar-refractivity contribution is 0.251. The van der Waals surface area contributed by atoms with Gasteiger partial charge in [0.05, 0.1) is 7.11 Å². The highest BCUT2D eigenvalue weighted by atomic mass is 79.9. The van der Waals surface area contributed by atoms with Crippen LogP contribution in [0.5, 0.6) is 5.75 Å². The summed E-state index contributed by atoms with van der Waals surface area (Å²) >= 11 is 3.40. The van der Waals surface area contributed by atoms with Crippen LogP contribution in [0.3, 0.4) is 0 Å². The summed E-state index contributed by atoms with van der Waals surface area (Å²) in [6.45, 7) is 0.468. The van der Waals surface area contributed by atoms with Crippen molar-refractivity contribution in [2.75, 3.05) is 12.4 Å². The summed E-state index contributed by atoms with van der Waals surface area (Å²) in [6, 6.07) is 14.8. The molecule has 2 aromatic carbocycles. The van der Waals surface area contributed by atoms with Crippen LogP contribution in [0.15, 0.2) is 53.0 Å². The zero-order valence-corrected chi connectivity index (χ0v) is 12.6. The molecule has 4 nitrogen and oxygen atoms in total. The number of nitrogens with one attached hydrogen (secondary N) is 2. The molecule has 104 valence electrons. The quantitative estimate of drug-likeness (QED) is 0.893. The minimum atomic E-state index is -0.252. The molecule has 0 aliphatic carbocycles. The standard InChI is InChI=1S/C15H15BrN2O2/c1-20-14-7-3-6-13(9-14)18-15(19)17-10-11-4-2-5-12(16)8-11/h2-9H,10H2,1H3,(H2,17,18,19). The highest BCUT2D eigenvalue weighted by molar-refractivity contribution is 9.10. The minimum absolute atomic E-state index is 0.252. The number of amides is 2. The van der Waals surface area contributed by atoms with Gasteiger partial charge in [-0.15, -0.1) is 0 Å². The van der Waals surface area contributed by atoms with E-state index in [0.717, 1.165) is 10.0 Å². The molecule has 0 saturated carbocycles. The Morgan fingerprint density at radius 3 is 2.75 bits per heavy atom. The van der Waals surface area contributed by atoms with Crippen molar-refractivity contribution in [3.05, 3.63) is 58.6 Å². The molecular formula is C15H15BrN2O2. The number of benzene rings is 2. The van der Waals surface area contributed by atoms with Gasteiger partial charge in [0.15, 0.2) is 0 Å². The molecule has 5 heteroatoms. The van der Waals surface area contributed by atoms with Crippen molar-refractivity contribution in [2.24, 2.45) is 0 Å². The molecule has 0 saturated heterocycles. The summed E-state index contributed by atoms with van der Waals surface area (Å²) in [5, 5.41) is 5.56. The van der Waals surface area contributed by atoms with E-state index >= 15 is 0 Å². The molecule has 0 atom stereocenters. The lowest BCUT2D eigenvalue weighted by Crippen LogP contribution is -2.28. The van der Waals surface area contributed by atoms with Crippen LogP contribution in [0.2, 0.25) is 0 Å². The van der Waals surface area contributed by atoms with Crippen molar-refractivity contribution in [1.29, 1.82) is 0 Å². The Morgan fingerprint density at radius 2 is 2.00 bits per heavy atom. The Labute approximate surface area is 126 Å². The maximum Gasteiger partial charge on any atom is 0.319 e. The van der Waals surface area contributed by atoms with Gasteiger partial charge < -0.3 is 15.4 Å². The highest BCUT2D eigenvalue weighted by Gasteiger charge is 2.03. The van der Waals surface area contributed by atoms with E-state index in [1.807, 2.05) is 36.4 Å². The predicted molar refractivity (Wildman–Crippen MR) is 83.0 cm³/mol. The number of carbonyl (C=O) groups excluding carboxylic acids is 1. The Balaban J connectivity index is 1.89. The van der Waals surface area contributed by atoms with Crippen LogP contribution in [-0.4, -0.2) is 13.1 Å². The molecule has 0 spiro atoms. The molecule has 20 heavy (non-hydrogen) atoms. The van der Waals surface area contributed by atoms with Gasteiger partial charge in [0.1, 0.15) is 5.75 Å². The number of carbonyl (C=O) groups is 1. The lowest BCUT2D eigenvalue weighted by Gasteiger charge is -2.09. The van der Waals surface area contributed by atoms with Gasteiger partial charge in [0.25, 0.3) is 0 Å². The number of hydrogen-bond acceptors (Lipinski definition) is 2. The van der Waals surface area contributed by atoms with Gasteiger partial charge in [-0.2, -0.15) is 0 Å². The van der Waals surface area contributed by atoms with Gasteiger partial charge in [-0.25, -0.2) is 4.79 Å². The van der Waals surface area contributed by atoms with E-state index in [1.165, 1.54) is 0 Å². The summed E-state index contributed by atoms with van der Waals surface area (Å²) in [7, 11) is 1.59. The van der Waals surface area contributed by atoms with Gasteiger partial charge in [-0.1, -0.05) is 34.1 Å². The van der Waals surface area contributed by atoms with E-state index in [0.29, 0.717) is 18.0 Å². The van der Waals surface area contributed by atoms with Crippen molar-refractivity contribution in [3.63, 3.8) is 0 Å². The summed E-state index contributed by atoms with van der Waals surface area (Å²) < 4.78 is 6.09. The van der Waals surface area contributed by atoms with Crippen molar-refractivity contribution in [3.8, 4) is 5.75 Å². The summed E-state index contributed by atoms with van der Waals surface area (Å²) in [5.41, 5.74) is 1.72. The molecule has 2 rings (SSSR count). The van der Waals surface area contributed by atoms with E-state index in [1.54, 1.807) is 19.2 Å². The number of halogens is 1. The SMILES string of the molecule is COc1cccc(NC(=O)NCc2cccc(Br)c2)c1. The fraction of sp³-hybridized carbons (Fsp3) is 0.133. The third-order valence-electron chi connectivity index (χ3n) is 2.67. The Hall–Kier alpha value is -2.01. The van der Waals surface area contributed by atoms with Crippen LogP contribution < -0.4 is 15.4 Å². The molecule has 2 aromatic rings. The fourth-order valence-corrected chi connectivity index (χ4v) is 2.15. The van der Waals surface area contributed by atoms with Gasteiger partial charge in [0, 0.05) is 22.8 Å². The molecule has 0 aliphatic heterocycles. The Kier molecular flexibility index (Phi) is 5.01. The van der Waals surface area contributed by atoms with Crippen LogP contribution in [-0.2, 0) is 6.54 Å². The third kappa shape index (κ3) is 4.28. The second kappa shape index (κ2) is 6.96. The molecule has 0 radical (unpaired) electrons. The monoisotopic (exact) mass is 334 g/mol. The molecule has 2 N–H and O–H groups in total. The van der Waals surface area contributed by atoms with Crippen molar-refractivity contribution >= 4 is 27.6 Å². The summed E-state index contributed by atoms with van der Waals surface area (Å²) in [6.07, 6.45) is 0. The first-order chi connectivity index (χ1) is 9.67. The highest BCUT2D eigenvalue weighted by Crippen LogP contribution is 2.16. The fourth-order valence-electron chi connectivity index (χ4n) is 1.71. The zero-order valence-electron chi connectivity index (χ0n) is 11.0. The van der Waals surface area contributed by atoms with E-state index in [9.17, 15) is 4.79 Å². The first-order valence-electron chi connectivity index (χ1n) is 6.11. The van der Waals surface area contributed by atoms with Crippen LogP contribution in [0, 0.1) is 0 Å². The number of methoxy groups -OCH3 is 1. The first-order valence-corrected chi connectivity index (χ1v) is 6.90. The molecule has 0 aliphatic rings. The Bertz CT molecular complexity index is 602. The maximum atomic E-state index is 11.8. The first kappa shape index (κ1) is 14.4. The number of urea groups is 1. The van der Waals surface area contributed by atoms with Crippen molar-refractivity contribution in [1.82, 2.24) is 5.32 Å². The van der Waals surface area contributed by atoms with E-state index in [4.69, 9.17) is 4.74 Å². The van der Waals surface area contributed by atoms with E-state index in [2.05, 4.69) is 26.6 Å². The molecular weight excluding hydrogens is 320 g/mol. The average Bonchev–Trinajstić information content (AvgIpc) is 2.45. The number of hydrogen-bond donors (Lipinski definition) is 2. The summed E-state index contributed by atoms with van der Waals surface area (Å²) in [4.78, 5) is 11.8. The van der Waals surface area contributed by atoms with Gasteiger partial charge in [-0.3, -0.25) is 0 Å². The topological polar surface area (TPSA) is 50.4 Å². The number of rotatable bonds is 4. The Morgan fingerprint density at radius 1 is 1.20 bits per heavy atom. The van der Waals surface area contributed by atoms with E-state index in [-0.39, 0.29) is 6.03 Å². The average molecular weight is 335 g/mol. The summed E-state index contributed by atoms with van der Waals surface area (Å²) in [5.74, 6) is 0.704. The predicted octanol–water partition coefficient (Wildman–Crippen LogP) is 3.78. The van der Waals surface area contributed by atoms with Crippen molar-refractivity contribution in [2.45, 2.75) is 6.54 Å². The van der Waals surface area contributed by atoms with Crippen LogP contribution in [0.25, 0.3) is 0 Å². The number of ether oxygens (including phenoxy) is 1. The second-order valence-corrected chi connectivity index (χ2v) is 5.09. The van der Waals surface area contributed by atoms with Gasteiger partial charge in [0.2, 0.25) is 0 Å². The maximum absolute atomic E-state index is 11.8. The zero-order chi connectivity index (χ0) is 14.4. The largest absolute Gasteiger partial charge is 0.497 e.